The first-order chi connectivity index (χ1) is 7.99. The predicted octanol–water partition coefficient (Wildman–Crippen LogP) is 2.17. The number of hydrogen-bond donors (Lipinski definition) is 0. The van der Waals surface area contributed by atoms with Crippen LogP contribution in [0.3, 0.4) is 0 Å². The lowest BCUT2D eigenvalue weighted by atomic mass is 10.0. The summed E-state index contributed by atoms with van der Waals surface area (Å²) < 4.78 is 10.3. The largest absolute Gasteiger partial charge is 0.496 e. The first-order valence-corrected chi connectivity index (χ1v) is 5.24. The third-order valence-electron chi connectivity index (χ3n) is 2.43. The molecule has 0 saturated heterocycles. The summed E-state index contributed by atoms with van der Waals surface area (Å²) in [5.74, 6) is 0.650. The van der Waals surface area contributed by atoms with E-state index in [2.05, 4.69) is 0 Å². The van der Waals surface area contributed by atoms with E-state index >= 15 is 0 Å². The van der Waals surface area contributed by atoms with Gasteiger partial charge in [0.25, 0.3) is 0 Å². The second-order valence-electron chi connectivity index (χ2n) is 3.82. The fraction of sp³-hybridized carbons (Fsp3) is 0.385. The Morgan fingerprint density at radius 1 is 1.12 bits per heavy atom. The number of carbonyl (C=O) groups excluding carboxylic acids is 2. The van der Waals surface area contributed by atoms with Crippen molar-refractivity contribution in [1.29, 1.82) is 0 Å². The normalized spacial score (nSPS) is 9.88. The number of ether oxygens (including phenoxy) is 2. The number of methoxy groups -OCH3 is 2. The van der Waals surface area contributed by atoms with Crippen LogP contribution in [0.4, 0.5) is 0 Å². The number of Topliss-reactive ketones (excluding diaryl/α,β-unsaturated/α-hetero) is 2. The van der Waals surface area contributed by atoms with Crippen LogP contribution in [-0.4, -0.2) is 25.8 Å². The number of benzene rings is 1. The van der Waals surface area contributed by atoms with Crippen LogP contribution in [0.1, 0.15) is 29.3 Å². The topological polar surface area (TPSA) is 52.6 Å². The molecule has 0 N–H and O–H groups in total. The van der Waals surface area contributed by atoms with Crippen LogP contribution in [0.2, 0.25) is 0 Å². The molecule has 4 heteroatoms. The fourth-order valence-electron chi connectivity index (χ4n) is 1.59. The third-order valence-corrected chi connectivity index (χ3v) is 2.43. The molecule has 0 saturated carbocycles. The van der Waals surface area contributed by atoms with Crippen LogP contribution in [0, 0.1) is 6.92 Å². The Morgan fingerprint density at radius 2 is 1.71 bits per heavy atom. The highest BCUT2D eigenvalue weighted by molar-refractivity contribution is 6.09. The molecule has 92 valence electrons. The lowest BCUT2D eigenvalue weighted by Crippen LogP contribution is -2.07. The minimum absolute atomic E-state index is 0.122. The maximum absolute atomic E-state index is 11.9. The molecular weight excluding hydrogens is 220 g/mol. The summed E-state index contributed by atoms with van der Waals surface area (Å²) in [5, 5.41) is 0. The molecule has 1 rings (SSSR count). The zero-order chi connectivity index (χ0) is 13.0. The highest BCUT2D eigenvalue weighted by Gasteiger charge is 2.16. The minimum Gasteiger partial charge on any atom is -0.496 e. The van der Waals surface area contributed by atoms with E-state index in [4.69, 9.17) is 9.47 Å². The lowest BCUT2D eigenvalue weighted by molar-refractivity contribution is -0.116. The fourth-order valence-corrected chi connectivity index (χ4v) is 1.59. The second-order valence-corrected chi connectivity index (χ2v) is 3.82. The molecule has 0 aliphatic heterocycles. The van der Waals surface area contributed by atoms with E-state index in [-0.39, 0.29) is 18.0 Å². The average Bonchev–Trinajstić information content (AvgIpc) is 2.27. The van der Waals surface area contributed by atoms with Gasteiger partial charge in [-0.1, -0.05) is 0 Å². The first kappa shape index (κ1) is 13.2. The average molecular weight is 236 g/mol. The molecule has 0 unspecified atom stereocenters. The molecule has 0 amide bonds. The van der Waals surface area contributed by atoms with E-state index < -0.39 is 0 Å². The molecule has 0 aromatic heterocycles. The van der Waals surface area contributed by atoms with Crippen LogP contribution >= 0.6 is 0 Å². The van der Waals surface area contributed by atoms with Gasteiger partial charge in [-0.2, -0.15) is 0 Å². The molecule has 4 nitrogen and oxygen atoms in total. The molecule has 0 atom stereocenters. The van der Waals surface area contributed by atoms with Crippen LogP contribution < -0.4 is 9.47 Å². The van der Waals surface area contributed by atoms with Gasteiger partial charge in [-0.3, -0.25) is 9.59 Å². The van der Waals surface area contributed by atoms with Crippen LogP contribution in [0.25, 0.3) is 0 Å². The molecule has 0 aliphatic carbocycles. The van der Waals surface area contributed by atoms with Crippen molar-refractivity contribution in [1.82, 2.24) is 0 Å². The van der Waals surface area contributed by atoms with Crippen molar-refractivity contribution in [2.45, 2.75) is 20.3 Å². The SMILES string of the molecule is COc1cc(C(=O)CC(C)=O)c(OC)cc1C. The van der Waals surface area contributed by atoms with Crippen molar-refractivity contribution in [3.8, 4) is 11.5 Å². The minimum atomic E-state index is -0.257. The molecule has 1 aromatic rings. The van der Waals surface area contributed by atoms with Crippen molar-refractivity contribution in [2.24, 2.45) is 0 Å². The van der Waals surface area contributed by atoms with E-state index in [0.29, 0.717) is 17.1 Å². The zero-order valence-corrected chi connectivity index (χ0v) is 10.5. The Balaban J connectivity index is 3.20. The van der Waals surface area contributed by atoms with Crippen molar-refractivity contribution in [2.75, 3.05) is 14.2 Å². The number of ketones is 2. The molecule has 17 heavy (non-hydrogen) atoms. The summed E-state index contributed by atoms with van der Waals surface area (Å²) in [6.45, 7) is 3.25. The number of aryl methyl sites for hydroxylation is 1. The summed E-state index contributed by atoms with van der Waals surface area (Å²) in [4.78, 5) is 22.8. The molecule has 0 radical (unpaired) electrons. The standard InChI is InChI=1S/C13H16O4/c1-8-5-13(17-4)10(7-12(8)16-3)11(15)6-9(2)14/h5,7H,6H2,1-4H3. The maximum Gasteiger partial charge on any atom is 0.174 e. The van der Waals surface area contributed by atoms with Crippen molar-refractivity contribution in [3.63, 3.8) is 0 Å². The summed E-state index contributed by atoms with van der Waals surface area (Å²) in [7, 11) is 3.03. The van der Waals surface area contributed by atoms with Crippen LogP contribution in [-0.2, 0) is 4.79 Å². The number of rotatable bonds is 5. The van der Waals surface area contributed by atoms with E-state index in [9.17, 15) is 9.59 Å². The second kappa shape index (κ2) is 5.48. The molecule has 0 aliphatic rings. The van der Waals surface area contributed by atoms with Gasteiger partial charge in [0, 0.05) is 0 Å². The van der Waals surface area contributed by atoms with Gasteiger partial charge >= 0.3 is 0 Å². The molecule has 0 heterocycles. The van der Waals surface area contributed by atoms with Crippen molar-refractivity contribution in [3.05, 3.63) is 23.3 Å². The van der Waals surface area contributed by atoms with E-state index in [0.717, 1.165) is 5.56 Å². The van der Waals surface area contributed by atoms with E-state index in [1.165, 1.54) is 21.1 Å². The van der Waals surface area contributed by atoms with Gasteiger partial charge in [-0.15, -0.1) is 0 Å². The highest BCUT2D eigenvalue weighted by atomic mass is 16.5. The van der Waals surface area contributed by atoms with Gasteiger partial charge in [0.15, 0.2) is 5.78 Å². The highest BCUT2D eigenvalue weighted by Crippen LogP contribution is 2.29. The van der Waals surface area contributed by atoms with E-state index in [1.54, 1.807) is 12.1 Å². The molecule has 0 fully saturated rings. The van der Waals surface area contributed by atoms with Crippen molar-refractivity contribution >= 4 is 11.6 Å². The molecular formula is C13H16O4. The summed E-state index contributed by atoms with van der Waals surface area (Å²) in [6.07, 6.45) is -0.122. The molecule has 1 aromatic carbocycles. The van der Waals surface area contributed by atoms with Crippen LogP contribution in [0.15, 0.2) is 12.1 Å². The Hall–Kier alpha value is -1.84. The van der Waals surface area contributed by atoms with E-state index in [1.807, 2.05) is 6.92 Å². The first-order valence-electron chi connectivity index (χ1n) is 5.24. The lowest BCUT2D eigenvalue weighted by Gasteiger charge is -2.11. The monoisotopic (exact) mass is 236 g/mol. The van der Waals surface area contributed by atoms with Gasteiger partial charge in [-0.25, -0.2) is 0 Å². The zero-order valence-electron chi connectivity index (χ0n) is 10.5. The molecule has 0 spiro atoms. The number of carbonyl (C=O) groups is 2. The smallest absolute Gasteiger partial charge is 0.174 e. The summed E-state index contributed by atoms with van der Waals surface area (Å²) in [6, 6.07) is 3.34. The number of hydrogen-bond acceptors (Lipinski definition) is 4. The Morgan fingerprint density at radius 3 is 2.18 bits per heavy atom. The Bertz CT molecular complexity index is 449. The third kappa shape index (κ3) is 3.06. The summed E-state index contributed by atoms with van der Waals surface area (Å²) >= 11 is 0. The Labute approximate surface area is 101 Å². The van der Waals surface area contributed by atoms with Gasteiger partial charge in [0.1, 0.15) is 17.3 Å². The van der Waals surface area contributed by atoms with Gasteiger partial charge < -0.3 is 9.47 Å². The van der Waals surface area contributed by atoms with Crippen molar-refractivity contribution < 1.29 is 19.1 Å². The quantitative estimate of drug-likeness (QED) is 0.580. The van der Waals surface area contributed by atoms with Gasteiger partial charge in [0.2, 0.25) is 0 Å². The maximum atomic E-state index is 11.9. The van der Waals surface area contributed by atoms with Gasteiger partial charge in [0.05, 0.1) is 26.2 Å². The summed E-state index contributed by atoms with van der Waals surface area (Å²) in [5.41, 5.74) is 1.26. The van der Waals surface area contributed by atoms with Crippen LogP contribution in [0.5, 0.6) is 11.5 Å². The molecule has 0 bridgehead atoms. The predicted molar refractivity (Wildman–Crippen MR) is 63.9 cm³/mol. The Kier molecular flexibility index (Phi) is 4.26. The van der Waals surface area contributed by atoms with Gasteiger partial charge in [-0.05, 0) is 31.5 Å².